The molecule has 5 nitrogen and oxygen atoms in total. The van der Waals surface area contributed by atoms with E-state index in [9.17, 15) is 4.79 Å². The van der Waals surface area contributed by atoms with Crippen LogP contribution in [0.5, 0.6) is 0 Å². The fourth-order valence-electron chi connectivity index (χ4n) is 2.97. The van der Waals surface area contributed by atoms with Crippen molar-refractivity contribution in [1.82, 2.24) is 9.66 Å². The molecule has 28 heavy (non-hydrogen) atoms. The highest BCUT2D eigenvalue weighted by molar-refractivity contribution is 8.00. The van der Waals surface area contributed by atoms with Crippen molar-refractivity contribution in [3.05, 3.63) is 66.4 Å². The molecule has 1 N–H and O–H groups in total. The summed E-state index contributed by atoms with van der Waals surface area (Å²) in [5, 5.41) is 8.83. The van der Waals surface area contributed by atoms with E-state index in [1.807, 2.05) is 67.2 Å². The van der Waals surface area contributed by atoms with Gasteiger partial charge in [-0.3, -0.25) is 4.79 Å². The number of amides is 1. The SMILES string of the molecule is CC(C)C(=O)Nc1ccc(C2=Nn3cc(-c4ccccc4)nc3SC2C)cc1. The molecule has 142 valence electrons. The second-order valence-corrected chi connectivity index (χ2v) is 8.39. The maximum atomic E-state index is 11.9. The first-order valence-corrected chi connectivity index (χ1v) is 10.2. The van der Waals surface area contributed by atoms with Gasteiger partial charge in [-0.2, -0.15) is 5.10 Å². The van der Waals surface area contributed by atoms with Gasteiger partial charge in [-0.25, -0.2) is 9.66 Å². The van der Waals surface area contributed by atoms with Crippen LogP contribution in [-0.4, -0.2) is 26.5 Å². The summed E-state index contributed by atoms with van der Waals surface area (Å²) in [4.78, 5) is 16.6. The summed E-state index contributed by atoms with van der Waals surface area (Å²) < 4.78 is 1.86. The van der Waals surface area contributed by atoms with Crippen LogP contribution in [0.1, 0.15) is 26.3 Å². The van der Waals surface area contributed by atoms with Crippen LogP contribution in [0.15, 0.2) is 71.1 Å². The van der Waals surface area contributed by atoms with Crippen LogP contribution in [0.3, 0.4) is 0 Å². The van der Waals surface area contributed by atoms with Crippen molar-refractivity contribution in [2.24, 2.45) is 11.0 Å². The van der Waals surface area contributed by atoms with Gasteiger partial charge in [0.2, 0.25) is 5.91 Å². The molecule has 0 bridgehead atoms. The Kier molecular flexibility index (Phi) is 5.05. The van der Waals surface area contributed by atoms with Crippen LogP contribution in [-0.2, 0) is 4.79 Å². The second kappa shape index (κ2) is 7.64. The molecule has 0 saturated carbocycles. The fourth-order valence-corrected chi connectivity index (χ4v) is 3.93. The molecule has 0 fully saturated rings. The lowest BCUT2D eigenvalue weighted by atomic mass is 10.1. The third-order valence-corrected chi connectivity index (χ3v) is 5.65. The van der Waals surface area contributed by atoms with Crippen LogP contribution in [0.2, 0.25) is 0 Å². The summed E-state index contributed by atoms with van der Waals surface area (Å²) in [5.74, 6) is -0.0273. The third-order valence-electron chi connectivity index (χ3n) is 4.58. The number of aromatic nitrogens is 2. The average molecular weight is 391 g/mol. The summed E-state index contributed by atoms with van der Waals surface area (Å²) in [6, 6.07) is 18.0. The summed E-state index contributed by atoms with van der Waals surface area (Å²) >= 11 is 1.70. The Hall–Kier alpha value is -2.86. The molecule has 1 atom stereocenters. The highest BCUT2D eigenvalue weighted by atomic mass is 32.2. The molecule has 0 spiro atoms. The third kappa shape index (κ3) is 3.73. The highest BCUT2D eigenvalue weighted by Gasteiger charge is 2.24. The summed E-state index contributed by atoms with van der Waals surface area (Å²) in [6.45, 7) is 5.90. The molecule has 1 aliphatic heterocycles. The van der Waals surface area contributed by atoms with Crippen molar-refractivity contribution < 1.29 is 4.79 Å². The number of fused-ring (bicyclic) bond motifs is 1. The molecule has 1 aromatic heterocycles. The number of nitrogens with zero attached hydrogens (tertiary/aromatic N) is 3. The number of anilines is 1. The first-order chi connectivity index (χ1) is 13.5. The van der Waals surface area contributed by atoms with E-state index in [0.717, 1.165) is 33.4 Å². The zero-order valence-electron chi connectivity index (χ0n) is 16.1. The van der Waals surface area contributed by atoms with Crippen LogP contribution in [0, 0.1) is 5.92 Å². The van der Waals surface area contributed by atoms with Crippen molar-refractivity contribution in [3.8, 4) is 11.3 Å². The number of rotatable bonds is 4. The largest absolute Gasteiger partial charge is 0.326 e. The van der Waals surface area contributed by atoms with Gasteiger partial charge in [0.25, 0.3) is 0 Å². The van der Waals surface area contributed by atoms with Crippen molar-refractivity contribution in [3.63, 3.8) is 0 Å². The number of imidazole rings is 1. The van der Waals surface area contributed by atoms with Crippen LogP contribution in [0.25, 0.3) is 11.3 Å². The minimum absolute atomic E-state index is 0.0168. The normalized spacial score (nSPS) is 15.9. The smallest absolute Gasteiger partial charge is 0.226 e. The van der Waals surface area contributed by atoms with E-state index < -0.39 is 0 Å². The molecule has 0 saturated heterocycles. The molecule has 0 radical (unpaired) electrons. The predicted molar refractivity (Wildman–Crippen MR) is 115 cm³/mol. The zero-order chi connectivity index (χ0) is 19.7. The van der Waals surface area contributed by atoms with Gasteiger partial charge in [0.1, 0.15) is 0 Å². The predicted octanol–water partition coefficient (Wildman–Crippen LogP) is 4.89. The first kappa shape index (κ1) is 18.5. The quantitative estimate of drug-likeness (QED) is 0.690. The van der Waals surface area contributed by atoms with E-state index in [1.165, 1.54) is 0 Å². The standard InChI is InChI=1S/C22H22N4OS/c1-14(2)21(27)23-18-11-9-17(10-12-18)20-15(3)28-22-24-19(13-26(22)25-20)16-7-5-4-6-8-16/h4-15H,1-3H3,(H,23,27). The lowest BCUT2D eigenvalue weighted by Crippen LogP contribution is -2.21. The molecule has 1 amide bonds. The lowest BCUT2D eigenvalue weighted by molar-refractivity contribution is -0.118. The number of hydrogen-bond acceptors (Lipinski definition) is 4. The molecule has 6 heteroatoms. The molecule has 1 aliphatic rings. The molecule has 2 heterocycles. The summed E-state index contributed by atoms with van der Waals surface area (Å²) in [6.07, 6.45) is 1.97. The van der Waals surface area contributed by atoms with Gasteiger partial charge in [0.05, 0.1) is 22.9 Å². The van der Waals surface area contributed by atoms with Crippen LogP contribution < -0.4 is 5.32 Å². The van der Waals surface area contributed by atoms with E-state index in [-0.39, 0.29) is 17.1 Å². The molecular formula is C22H22N4OS. The second-order valence-electron chi connectivity index (χ2n) is 7.09. The average Bonchev–Trinajstić information content (AvgIpc) is 3.11. The lowest BCUT2D eigenvalue weighted by Gasteiger charge is -2.19. The topological polar surface area (TPSA) is 59.3 Å². The van der Waals surface area contributed by atoms with Crippen molar-refractivity contribution >= 4 is 29.1 Å². The maximum Gasteiger partial charge on any atom is 0.226 e. The Morgan fingerprint density at radius 2 is 1.79 bits per heavy atom. The monoisotopic (exact) mass is 390 g/mol. The number of benzene rings is 2. The summed E-state index contributed by atoms with van der Waals surface area (Å²) in [7, 11) is 0. The summed E-state index contributed by atoms with van der Waals surface area (Å²) in [5.41, 5.74) is 4.85. The van der Waals surface area contributed by atoms with E-state index in [4.69, 9.17) is 10.1 Å². The Morgan fingerprint density at radius 3 is 2.46 bits per heavy atom. The maximum absolute atomic E-state index is 11.9. The van der Waals surface area contributed by atoms with Gasteiger partial charge in [-0.15, -0.1) is 0 Å². The molecule has 3 aromatic rings. The minimum Gasteiger partial charge on any atom is -0.326 e. The number of thioether (sulfide) groups is 1. The Bertz CT molecular complexity index is 1020. The van der Waals surface area contributed by atoms with Crippen molar-refractivity contribution in [2.75, 3.05) is 5.32 Å². The number of hydrogen-bond donors (Lipinski definition) is 1. The molecule has 2 aromatic carbocycles. The van der Waals surface area contributed by atoms with E-state index in [1.54, 1.807) is 11.8 Å². The fraction of sp³-hybridized carbons (Fsp3) is 0.227. The number of carbonyl (C=O) groups excluding carboxylic acids is 1. The van der Waals surface area contributed by atoms with Gasteiger partial charge >= 0.3 is 0 Å². The van der Waals surface area contributed by atoms with Gasteiger partial charge < -0.3 is 5.32 Å². The van der Waals surface area contributed by atoms with Crippen molar-refractivity contribution in [2.45, 2.75) is 31.2 Å². The van der Waals surface area contributed by atoms with Gasteiger partial charge in [-0.1, -0.05) is 68.1 Å². The van der Waals surface area contributed by atoms with Gasteiger partial charge in [-0.05, 0) is 24.6 Å². The highest BCUT2D eigenvalue weighted by Crippen LogP contribution is 2.32. The Labute approximate surface area is 168 Å². The molecule has 0 aliphatic carbocycles. The Morgan fingerprint density at radius 1 is 1.07 bits per heavy atom. The van der Waals surface area contributed by atoms with E-state index in [0.29, 0.717) is 0 Å². The number of carbonyl (C=O) groups is 1. The molecule has 4 rings (SSSR count). The minimum atomic E-state index is -0.0442. The molecular weight excluding hydrogens is 368 g/mol. The first-order valence-electron chi connectivity index (χ1n) is 9.33. The zero-order valence-corrected chi connectivity index (χ0v) is 16.9. The van der Waals surface area contributed by atoms with Gasteiger partial charge in [0, 0.05) is 17.2 Å². The van der Waals surface area contributed by atoms with Crippen LogP contribution in [0.4, 0.5) is 5.69 Å². The Balaban J connectivity index is 1.60. The van der Waals surface area contributed by atoms with E-state index in [2.05, 4.69) is 24.4 Å². The van der Waals surface area contributed by atoms with Crippen LogP contribution >= 0.6 is 11.8 Å². The van der Waals surface area contributed by atoms with Crippen molar-refractivity contribution in [1.29, 1.82) is 0 Å². The number of nitrogens with one attached hydrogen (secondary N) is 1. The van der Waals surface area contributed by atoms with Gasteiger partial charge in [0.15, 0.2) is 5.16 Å². The van der Waals surface area contributed by atoms with E-state index >= 15 is 0 Å². The molecule has 1 unspecified atom stereocenters.